The van der Waals surface area contributed by atoms with Crippen LogP contribution < -0.4 is 15.5 Å². The number of aromatic nitrogens is 6. The molecule has 15 fully saturated rings. The highest BCUT2D eigenvalue weighted by Crippen LogP contribution is 2.80. The van der Waals surface area contributed by atoms with Gasteiger partial charge in [-0.15, -0.1) is 0 Å². The lowest BCUT2D eigenvalue weighted by molar-refractivity contribution is -0.279. The molecule has 6 spiro atoms. The van der Waals surface area contributed by atoms with E-state index in [0.29, 0.717) is 61.9 Å². The Kier molecular flexibility index (Phi) is 21.3. The van der Waals surface area contributed by atoms with E-state index in [1.165, 1.54) is 10.7 Å². The number of allylic oxidation sites excluding steroid dienone is 3. The maximum atomic E-state index is 18.2. The number of benzene rings is 4. The number of nitrogens with zero attached hydrogens (tertiary/aromatic N) is 6. The molecule has 25 rings (SSSR count). The van der Waals surface area contributed by atoms with Crippen molar-refractivity contribution in [2.75, 3.05) is 66.0 Å². The first-order chi connectivity index (χ1) is 64.5. The summed E-state index contributed by atoms with van der Waals surface area (Å²) in [6, 6.07) is 25.7. The molecule has 9 saturated carbocycles. The van der Waals surface area contributed by atoms with Gasteiger partial charge in [-0.3, -0.25) is 5.84 Å². The maximum Gasteiger partial charge on any atom is 0.534 e. The Balaban J connectivity index is 0.000000113. The maximum absolute atomic E-state index is 18.2. The Morgan fingerprint density at radius 3 is 1.22 bits per heavy atom. The van der Waals surface area contributed by atoms with Gasteiger partial charge in [0.2, 0.25) is 17.4 Å². The molecule has 732 valence electrons. The van der Waals surface area contributed by atoms with Crippen LogP contribution in [0.4, 0.5) is 32.0 Å². The van der Waals surface area contributed by atoms with Gasteiger partial charge in [-0.1, -0.05) is 103 Å². The van der Waals surface area contributed by atoms with Crippen LogP contribution in [-0.4, -0.2) is 204 Å². The van der Waals surface area contributed by atoms with Crippen LogP contribution in [0.2, 0.25) is 0 Å². The lowest BCUT2D eigenvalue weighted by atomic mass is 9.43. The fourth-order valence-electron chi connectivity index (χ4n) is 32.0. The van der Waals surface area contributed by atoms with E-state index in [0.717, 1.165) is 88.4 Å². The predicted molar refractivity (Wildman–Crippen MR) is 476 cm³/mol. The summed E-state index contributed by atoms with van der Waals surface area (Å²) < 4.78 is 199. The van der Waals surface area contributed by atoms with E-state index in [-0.39, 0.29) is 157 Å². The molecule has 27 atom stereocenters. The number of alkyl halides is 6. The fourth-order valence-corrected chi connectivity index (χ4v) is 32.4. The summed E-state index contributed by atoms with van der Waals surface area (Å²) in [6.45, 7) is 20.0. The summed E-state index contributed by atoms with van der Waals surface area (Å²) in [7, 11) is -5.86. The second kappa shape index (κ2) is 31.3. The molecule has 29 nitrogen and oxygen atoms in total. The first kappa shape index (κ1) is 92.6. The third-order valence-corrected chi connectivity index (χ3v) is 38.4. The Hall–Kier alpha value is -8.38. The van der Waals surface area contributed by atoms with E-state index < -0.39 is 129 Å². The number of hydrogen-bond donors (Lipinski definition) is 8. The molecule has 6 saturated heterocycles. The van der Waals surface area contributed by atoms with Crippen LogP contribution >= 0.6 is 0 Å². The number of ether oxygens (including phenoxy) is 12. The summed E-state index contributed by atoms with van der Waals surface area (Å²) >= 11 is 0. The molecule has 7 aromatic rings. The largest absolute Gasteiger partial charge is 0.534 e. The van der Waals surface area contributed by atoms with Gasteiger partial charge >= 0.3 is 15.6 Å². The molecule has 0 amide bonds. The van der Waals surface area contributed by atoms with E-state index in [2.05, 4.69) is 67.4 Å². The molecule has 12 aliphatic carbocycles. The van der Waals surface area contributed by atoms with Crippen molar-refractivity contribution >= 4 is 34.0 Å². The molecule has 4 aromatic carbocycles. The lowest BCUT2D eigenvalue weighted by Gasteiger charge is -2.64. The molecular weight excluding hydrogens is 1800 g/mol. The normalized spacial score (nSPS) is 43.1. The van der Waals surface area contributed by atoms with Crippen molar-refractivity contribution < 1.29 is 126 Å². The third-order valence-electron chi connectivity index (χ3n) is 37.5. The SMILES string of the molecule is C[C@@H]1C[C@H]2[C@@H]3CCC4=Cc5c(cnn5-c5cccc(O)c5)C[C@]4(C)[C@@]3(F)[C@@H](O)C[C@]2(C)[C@]12OCOC21COCO1.C[C@@H]1C[C@H]2[C@@H]3CCC4=Cc5c(cnn5-c5cccc(OS(=O)(=O)C(F)(F)F)c5)C[C@]4(C)[C@@]3(F)[C@@H](O)C[C@]2(C)[C@]12OCOC21COCO1.C[C@@H]1C[C@H]2[C@@H]3CCC4=Cc5nn(-c6cccc(O)c6)cc5C[C@]4(C)[C@@]3(F)[C@@H](O)C[C@]2(C)[C@]12OCOC21COCO1.NNc1cccc(O)c1. The minimum absolute atomic E-state index is 0.00605. The predicted octanol–water partition coefficient (Wildman–Crippen LogP) is 14.7. The average Bonchev–Trinajstić information content (AvgIpc) is 1.55. The average molecular weight is 1910 g/mol. The molecule has 36 heteroatoms. The molecule has 3 unspecified atom stereocenters. The topological polar surface area (TPSA) is 367 Å². The van der Waals surface area contributed by atoms with Gasteiger partial charge in [0.1, 0.15) is 76.6 Å². The molecule has 6 aliphatic heterocycles. The van der Waals surface area contributed by atoms with E-state index in [1.54, 1.807) is 77.6 Å². The summed E-state index contributed by atoms with van der Waals surface area (Å²) in [5.74, 6) is 0.639. The fraction of sp³-hybridized carbons (Fsp3) is 0.610. The Bertz CT molecular complexity index is 6120. The van der Waals surface area contributed by atoms with Crippen molar-refractivity contribution in [1.29, 1.82) is 0 Å². The van der Waals surface area contributed by atoms with Crippen molar-refractivity contribution in [2.45, 2.75) is 234 Å². The van der Waals surface area contributed by atoms with Gasteiger partial charge < -0.3 is 97.1 Å². The van der Waals surface area contributed by atoms with E-state index in [4.69, 9.17) is 72.9 Å². The van der Waals surface area contributed by atoms with Crippen LogP contribution in [0, 0.1) is 85.8 Å². The monoisotopic (exact) mass is 1910 g/mol. The number of aromatic hydroxyl groups is 3. The number of phenols is 3. The zero-order chi connectivity index (χ0) is 95.5. The molecule has 3 aromatic heterocycles. The van der Waals surface area contributed by atoms with Crippen LogP contribution in [0.25, 0.3) is 35.3 Å². The van der Waals surface area contributed by atoms with Crippen LogP contribution in [0.3, 0.4) is 0 Å². The van der Waals surface area contributed by atoms with E-state index in [9.17, 15) is 47.1 Å². The number of halogens is 6. The van der Waals surface area contributed by atoms with E-state index >= 15 is 13.2 Å². The van der Waals surface area contributed by atoms with Gasteiger partial charge in [-0.25, -0.2) is 27.2 Å². The van der Waals surface area contributed by atoms with E-state index in [1.807, 2.05) is 62.1 Å². The molecule has 18 aliphatic rings. The van der Waals surface area contributed by atoms with Crippen LogP contribution in [-0.2, 0) is 86.2 Å². The molecule has 9 heterocycles. The quantitative estimate of drug-likeness (QED) is 0.0252. The molecular formula is C100H118F6N8O21S. The van der Waals surface area contributed by atoms with Crippen molar-refractivity contribution in [1.82, 2.24) is 29.3 Å². The second-order valence-corrected chi connectivity index (χ2v) is 44.6. The van der Waals surface area contributed by atoms with Gasteiger partial charge in [0.15, 0.2) is 40.8 Å². The minimum atomic E-state index is -5.86. The van der Waals surface area contributed by atoms with Gasteiger partial charge in [-0.05, 0) is 215 Å². The van der Waals surface area contributed by atoms with Gasteiger partial charge in [0.05, 0.1) is 70.5 Å². The second-order valence-electron chi connectivity index (χ2n) is 43.1. The van der Waals surface area contributed by atoms with Crippen LogP contribution in [0.1, 0.15) is 173 Å². The van der Waals surface area contributed by atoms with Crippen molar-refractivity contribution in [3.63, 3.8) is 0 Å². The molecule has 136 heavy (non-hydrogen) atoms. The zero-order valence-electron chi connectivity index (χ0n) is 77.3. The summed E-state index contributed by atoms with van der Waals surface area (Å²) in [5, 5.41) is 78.7. The Morgan fingerprint density at radius 1 is 0.471 bits per heavy atom. The molecule has 0 radical (unpaired) electrons. The van der Waals surface area contributed by atoms with Crippen LogP contribution in [0.15, 0.2) is 132 Å². The Labute approximate surface area is 783 Å². The number of aliphatic hydroxyl groups excluding tert-OH is 3. The summed E-state index contributed by atoms with van der Waals surface area (Å²) in [4.78, 5) is 0. The number of fused-ring (bicyclic) bond motifs is 24. The summed E-state index contributed by atoms with van der Waals surface area (Å²) in [5.41, 5.74) is -5.59. The number of nitrogens with one attached hydrogen (secondary N) is 1. The molecule has 0 bridgehead atoms. The van der Waals surface area contributed by atoms with Gasteiger partial charge in [-0.2, -0.15) is 36.9 Å². The highest BCUT2D eigenvalue weighted by atomic mass is 32.2. The number of phenolic OH excluding ortho intramolecular Hbond substituents is 3. The molecule has 9 N–H and O–H groups in total. The number of aliphatic hydroxyl groups is 3. The van der Waals surface area contributed by atoms with Crippen molar-refractivity contribution in [3.05, 3.63) is 166 Å². The smallest absolute Gasteiger partial charge is 0.508 e. The first-order valence-corrected chi connectivity index (χ1v) is 48.8. The highest BCUT2D eigenvalue weighted by molar-refractivity contribution is 7.88. The number of anilines is 1. The van der Waals surface area contributed by atoms with Gasteiger partial charge in [0.25, 0.3) is 0 Å². The van der Waals surface area contributed by atoms with Crippen LogP contribution in [0.5, 0.6) is 23.0 Å². The number of hydrogen-bond acceptors (Lipinski definition) is 26. The third kappa shape index (κ3) is 12.2. The zero-order valence-corrected chi connectivity index (χ0v) is 78.2. The minimum Gasteiger partial charge on any atom is -0.508 e. The van der Waals surface area contributed by atoms with Crippen molar-refractivity contribution in [3.8, 4) is 40.1 Å². The number of hydrazine groups is 1. The van der Waals surface area contributed by atoms with Gasteiger partial charge in [0, 0.05) is 80.7 Å². The lowest BCUT2D eigenvalue weighted by Crippen LogP contribution is -2.72. The summed E-state index contributed by atoms with van der Waals surface area (Å²) in [6.07, 6.45) is 15.6. The highest BCUT2D eigenvalue weighted by Gasteiger charge is 2.86. The Morgan fingerprint density at radius 2 is 0.838 bits per heavy atom. The van der Waals surface area contributed by atoms with Crippen molar-refractivity contribution in [2.24, 2.45) is 91.6 Å². The standard InChI is InChI=1S/C32H36F4N2O8S.2C31H37FN2O6.C6H8N2O/c1-18-9-24-23-8-7-20-10-25-19(14-37-38(25)21-5-4-6-22(11-21)46-47(40,41)32(34,35)36)12-27(20,2)30(23,33)26(39)13-28(24,3)31(18)29(44-17-45-31)15-42-16-43-29;1-18-9-24-23-8-7-20-10-25-19(14-34(33-25)21-5-4-6-22(35)11-21)12-27(20,2)30(23,32)26(36)13-28(24,3)31(18)29(39-17-40-31)15-37-16-38-29;1-18-9-24-23-8-7-20-10-25-19(14-33-34(25)21-5-4-6-22(35)11-21)12-27(20,2)30(23,32)26(36)13-28(24,3)31(18)29(39-17-40-31)15-37-16-38-29;7-8-5-2-1-3-6(9)4-5/h4-6,10-11,14,18,23-24,26,39H,7-9,12-13,15-17H2,1-3H3;2*4-6,10-11,14,18,23-24,26,35-36H,7-9,12-13,15-17H2,1-3H3;1-4,8-9H,7H2/t3*18-,23+,24+,26+,27+,28+,29?,30+,31-;/m111./s1. The number of nitrogens with two attached hydrogens (primary N) is 1. The number of rotatable bonds is 6. The number of nitrogen functional groups attached to an aromatic ring is 1. The first-order valence-electron chi connectivity index (χ1n) is 47.4.